The van der Waals surface area contributed by atoms with Gasteiger partial charge in [0.1, 0.15) is 11.5 Å². The zero-order valence-electron chi connectivity index (χ0n) is 16.4. The number of aliphatic hydroxyl groups is 1. The number of aliphatic hydroxyl groups excluding tert-OH is 1. The highest BCUT2D eigenvalue weighted by atomic mass is 16.5. The molecule has 1 N–H and O–H groups in total. The van der Waals surface area contributed by atoms with Crippen LogP contribution in [0.4, 0.5) is 0 Å². The lowest BCUT2D eigenvalue weighted by Crippen LogP contribution is -2.32. The van der Waals surface area contributed by atoms with Gasteiger partial charge in [0.15, 0.2) is 0 Å². The van der Waals surface area contributed by atoms with Crippen molar-refractivity contribution in [2.24, 2.45) is 5.92 Å². The largest absolute Gasteiger partial charge is 0.464 e. The maximum atomic E-state index is 10.4. The smallest absolute Gasteiger partial charge is 0.118 e. The predicted octanol–water partition coefficient (Wildman–Crippen LogP) is 4.29. The van der Waals surface area contributed by atoms with Crippen molar-refractivity contribution < 1.29 is 14.3 Å². The second-order valence-electron chi connectivity index (χ2n) is 8.39. The number of hydrogen-bond donors (Lipinski definition) is 1. The van der Waals surface area contributed by atoms with Crippen LogP contribution in [0.1, 0.15) is 60.9 Å². The zero-order valence-corrected chi connectivity index (χ0v) is 16.4. The van der Waals surface area contributed by atoms with Crippen molar-refractivity contribution in [2.45, 2.75) is 57.3 Å². The van der Waals surface area contributed by atoms with Gasteiger partial charge in [0.25, 0.3) is 0 Å². The second kappa shape index (κ2) is 8.17. The van der Waals surface area contributed by atoms with Gasteiger partial charge in [0.2, 0.25) is 0 Å². The number of ether oxygens (including phenoxy) is 1. The van der Waals surface area contributed by atoms with E-state index in [9.17, 15) is 5.11 Å². The molecule has 0 saturated heterocycles. The van der Waals surface area contributed by atoms with Gasteiger partial charge in [-0.15, -0.1) is 0 Å². The number of fused-ring (bicyclic) bond motifs is 1. The molecule has 1 aromatic carbocycles. The average Bonchev–Trinajstić information content (AvgIpc) is 3.21. The number of hydrogen-bond acceptors (Lipinski definition) is 4. The fraction of sp³-hybridized carbons (Fsp3) is 0.565. The molecule has 1 aromatic heterocycles. The molecule has 1 fully saturated rings. The third-order valence-electron chi connectivity index (χ3n) is 5.91. The minimum absolute atomic E-state index is 0.114. The van der Waals surface area contributed by atoms with Gasteiger partial charge in [-0.1, -0.05) is 31.2 Å². The molecule has 1 saturated carbocycles. The molecule has 0 aliphatic heterocycles. The van der Waals surface area contributed by atoms with E-state index in [1.54, 1.807) is 0 Å². The third-order valence-corrected chi connectivity index (χ3v) is 5.91. The molecule has 2 aromatic rings. The molecule has 27 heavy (non-hydrogen) atoms. The van der Waals surface area contributed by atoms with Gasteiger partial charge in [-0.2, -0.15) is 0 Å². The molecule has 1 heterocycles. The van der Waals surface area contributed by atoms with E-state index in [1.165, 1.54) is 17.5 Å². The highest BCUT2D eigenvalue weighted by molar-refractivity contribution is 5.31. The molecular formula is C23H31NO3. The summed E-state index contributed by atoms with van der Waals surface area (Å²) >= 11 is 0. The fourth-order valence-electron chi connectivity index (χ4n) is 4.25. The van der Waals surface area contributed by atoms with E-state index < -0.39 is 6.10 Å². The first-order chi connectivity index (χ1) is 13.1. The topological polar surface area (TPSA) is 45.8 Å². The quantitative estimate of drug-likeness (QED) is 0.754. The van der Waals surface area contributed by atoms with Crippen LogP contribution >= 0.6 is 0 Å². The standard InChI is InChI=1S/C23H31NO3/c1-16-12-21(16)23-11-10-19(27-23)14-24(2)13-18(25)15-26-22-9-5-7-17-6-3-4-8-20(17)22/h3-4,6,8,10-11,16,18,21-22,25H,5,7,9,12-15H2,1-2H3/t16-,18-,21+,22-/m1/s1. The lowest BCUT2D eigenvalue weighted by Gasteiger charge is -2.27. The van der Waals surface area contributed by atoms with Gasteiger partial charge in [0.05, 0.1) is 25.4 Å². The number of aryl methyl sites for hydroxylation is 1. The summed E-state index contributed by atoms with van der Waals surface area (Å²) in [6.07, 6.45) is 4.17. The number of rotatable bonds is 8. The van der Waals surface area contributed by atoms with Crippen LogP contribution in [-0.4, -0.2) is 36.3 Å². The Labute approximate surface area is 162 Å². The molecule has 0 spiro atoms. The molecule has 4 heteroatoms. The summed E-state index contributed by atoms with van der Waals surface area (Å²) in [7, 11) is 2.01. The van der Waals surface area contributed by atoms with Gasteiger partial charge in [-0.3, -0.25) is 4.90 Å². The molecule has 2 aliphatic rings. The molecule has 0 radical (unpaired) electrons. The Morgan fingerprint density at radius 1 is 1.26 bits per heavy atom. The number of benzene rings is 1. The molecule has 0 amide bonds. The zero-order chi connectivity index (χ0) is 18.8. The lowest BCUT2D eigenvalue weighted by molar-refractivity contribution is -0.0270. The van der Waals surface area contributed by atoms with Crippen molar-refractivity contribution in [3.05, 3.63) is 59.0 Å². The van der Waals surface area contributed by atoms with Crippen LogP contribution in [0, 0.1) is 5.92 Å². The van der Waals surface area contributed by atoms with E-state index in [4.69, 9.17) is 9.15 Å². The van der Waals surface area contributed by atoms with E-state index in [0.29, 0.717) is 25.6 Å². The Kier molecular flexibility index (Phi) is 5.67. The van der Waals surface area contributed by atoms with E-state index in [0.717, 1.165) is 36.7 Å². The Balaban J connectivity index is 1.23. The minimum atomic E-state index is -0.498. The summed E-state index contributed by atoms with van der Waals surface area (Å²) in [6, 6.07) is 12.7. The van der Waals surface area contributed by atoms with Gasteiger partial charge < -0.3 is 14.3 Å². The predicted molar refractivity (Wildman–Crippen MR) is 106 cm³/mol. The molecule has 4 rings (SSSR count). The summed E-state index contributed by atoms with van der Waals surface area (Å²) in [6.45, 7) is 3.92. The summed E-state index contributed by atoms with van der Waals surface area (Å²) in [4.78, 5) is 2.10. The van der Waals surface area contributed by atoms with E-state index in [2.05, 4.69) is 48.2 Å². The first kappa shape index (κ1) is 18.7. The van der Waals surface area contributed by atoms with Crippen molar-refractivity contribution in [2.75, 3.05) is 20.2 Å². The number of nitrogens with zero attached hydrogens (tertiary/aromatic N) is 1. The molecule has 0 unspecified atom stereocenters. The van der Waals surface area contributed by atoms with Crippen molar-refractivity contribution in [3.63, 3.8) is 0 Å². The normalized spacial score (nSPS) is 25.4. The van der Waals surface area contributed by atoms with Crippen LogP contribution in [-0.2, 0) is 17.7 Å². The molecular weight excluding hydrogens is 338 g/mol. The monoisotopic (exact) mass is 369 g/mol. The van der Waals surface area contributed by atoms with Crippen LogP contribution in [0.25, 0.3) is 0 Å². The first-order valence-electron chi connectivity index (χ1n) is 10.2. The lowest BCUT2D eigenvalue weighted by atomic mass is 9.89. The molecule has 0 bridgehead atoms. The summed E-state index contributed by atoms with van der Waals surface area (Å²) in [5, 5.41) is 10.4. The molecule has 4 atom stereocenters. The second-order valence-corrected chi connectivity index (χ2v) is 8.39. The molecule has 4 nitrogen and oxygen atoms in total. The summed E-state index contributed by atoms with van der Waals surface area (Å²) in [5.41, 5.74) is 2.68. The van der Waals surface area contributed by atoms with Crippen LogP contribution in [0.2, 0.25) is 0 Å². The van der Waals surface area contributed by atoms with Crippen LogP contribution in [0.3, 0.4) is 0 Å². The average molecular weight is 370 g/mol. The van der Waals surface area contributed by atoms with Crippen molar-refractivity contribution in [1.82, 2.24) is 4.90 Å². The van der Waals surface area contributed by atoms with E-state index in [-0.39, 0.29) is 6.10 Å². The SMILES string of the molecule is C[C@@H]1C[C@@H]1c1ccc(CN(C)C[C@@H](O)CO[C@@H]2CCCc3ccccc32)o1. The van der Waals surface area contributed by atoms with Crippen LogP contribution in [0.5, 0.6) is 0 Å². The maximum Gasteiger partial charge on any atom is 0.118 e. The Morgan fingerprint density at radius 2 is 2.07 bits per heavy atom. The Hall–Kier alpha value is -1.62. The van der Waals surface area contributed by atoms with E-state index in [1.807, 2.05) is 7.05 Å². The van der Waals surface area contributed by atoms with Gasteiger partial charge in [0, 0.05) is 12.5 Å². The Morgan fingerprint density at radius 3 is 2.89 bits per heavy atom. The Bertz CT molecular complexity index is 756. The van der Waals surface area contributed by atoms with Gasteiger partial charge in [-0.25, -0.2) is 0 Å². The highest BCUT2D eigenvalue weighted by Gasteiger charge is 2.36. The first-order valence-corrected chi connectivity index (χ1v) is 10.2. The number of furan rings is 1. The van der Waals surface area contributed by atoms with Crippen molar-refractivity contribution in [1.29, 1.82) is 0 Å². The number of likely N-dealkylation sites (N-methyl/N-ethyl adjacent to an activating group) is 1. The van der Waals surface area contributed by atoms with Crippen molar-refractivity contribution >= 4 is 0 Å². The van der Waals surface area contributed by atoms with Crippen LogP contribution < -0.4 is 0 Å². The van der Waals surface area contributed by atoms with Crippen LogP contribution in [0.15, 0.2) is 40.8 Å². The maximum absolute atomic E-state index is 10.4. The third kappa shape index (κ3) is 4.63. The van der Waals surface area contributed by atoms with E-state index >= 15 is 0 Å². The van der Waals surface area contributed by atoms with Gasteiger partial charge in [-0.05, 0) is 61.9 Å². The summed E-state index contributed by atoms with van der Waals surface area (Å²) < 4.78 is 12.0. The summed E-state index contributed by atoms with van der Waals surface area (Å²) in [5.74, 6) is 3.46. The fourth-order valence-corrected chi connectivity index (χ4v) is 4.25. The van der Waals surface area contributed by atoms with Crippen molar-refractivity contribution in [3.8, 4) is 0 Å². The minimum Gasteiger partial charge on any atom is -0.464 e. The molecule has 146 valence electrons. The van der Waals surface area contributed by atoms with Gasteiger partial charge >= 0.3 is 0 Å². The highest BCUT2D eigenvalue weighted by Crippen LogP contribution is 2.47. The molecule has 2 aliphatic carbocycles.